The van der Waals surface area contributed by atoms with Gasteiger partial charge in [-0.25, -0.2) is 0 Å². The fourth-order valence-electron chi connectivity index (χ4n) is 2.98. The normalized spacial score (nSPS) is 13.2. The smallest absolute Gasteiger partial charge is 0.321 e. The molecule has 7 heteroatoms. The summed E-state index contributed by atoms with van der Waals surface area (Å²) in [6, 6.07) is 0. The lowest BCUT2D eigenvalue weighted by molar-refractivity contribution is -0.0173. The molecule has 2 N–H and O–H groups in total. The van der Waals surface area contributed by atoms with Gasteiger partial charge in [-0.15, -0.1) is 0 Å². The van der Waals surface area contributed by atoms with Crippen molar-refractivity contribution < 1.29 is 23.8 Å². The summed E-state index contributed by atoms with van der Waals surface area (Å²) >= 11 is 4.41. The monoisotopic (exact) mass is 426 g/mol. The summed E-state index contributed by atoms with van der Waals surface area (Å²) in [6.45, 7) is -0.223. The molecule has 0 heterocycles. The Morgan fingerprint density at radius 2 is 1.19 bits per heavy atom. The molecule has 5 nitrogen and oxygen atoms in total. The maximum atomic E-state index is 9.04. The van der Waals surface area contributed by atoms with Crippen molar-refractivity contribution in [3.05, 3.63) is 0 Å². The molecule has 164 valence electrons. The van der Waals surface area contributed by atoms with E-state index in [-0.39, 0.29) is 12.7 Å². The Morgan fingerprint density at radius 1 is 0.741 bits per heavy atom. The van der Waals surface area contributed by atoms with Crippen LogP contribution in [-0.2, 0) is 25.8 Å². The molecule has 0 bridgehead atoms. The Morgan fingerprint density at radius 3 is 1.59 bits per heavy atom. The van der Waals surface area contributed by atoms with E-state index in [1.54, 1.807) is 7.11 Å². The van der Waals surface area contributed by atoms with E-state index in [1.165, 1.54) is 83.5 Å². The van der Waals surface area contributed by atoms with Crippen LogP contribution in [0.3, 0.4) is 0 Å². The number of methoxy groups -OCH3 is 1. The van der Waals surface area contributed by atoms with E-state index in [4.69, 9.17) is 23.8 Å². The second kappa shape index (κ2) is 19.8. The van der Waals surface area contributed by atoms with Crippen LogP contribution in [-0.4, -0.2) is 42.8 Å². The van der Waals surface area contributed by atoms with Crippen LogP contribution < -0.4 is 0 Å². The lowest BCUT2D eigenvalue weighted by Gasteiger charge is -2.17. The second-order valence-corrected chi connectivity index (χ2v) is 9.98. The van der Waals surface area contributed by atoms with Crippen molar-refractivity contribution in [3.63, 3.8) is 0 Å². The number of hydrogen-bond donors (Lipinski definition) is 2. The molecule has 0 radical (unpaired) electrons. The van der Waals surface area contributed by atoms with Crippen molar-refractivity contribution in [2.75, 3.05) is 26.9 Å². The lowest BCUT2D eigenvalue weighted by Crippen LogP contribution is -2.24. The molecule has 0 fully saturated rings. The van der Waals surface area contributed by atoms with Crippen LogP contribution in [0.15, 0.2) is 0 Å². The number of rotatable bonds is 21. The molecule has 0 aliphatic carbocycles. The first-order valence-electron chi connectivity index (χ1n) is 10.8. The predicted molar refractivity (Wildman–Crippen MR) is 117 cm³/mol. The Balaban J connectivity index is 3.25. The molecular formula is C20H43O5PS. The van der Waals surface area contributed by atoms with Gasteiger partial charge in [0.15, 0.2) is 0 Å². The molecule has 0 saturated heterocycles. The third-order valence-corrected chi connectivity index (χ3v) is 5.51. The van der Waals surface area contributed by atoms with Crippen LogP contribution in [0.4, 0.5) is 0 Å². The van der Waals surface area contributed by atoms with Gasteiger partial charge in [-0.2, -0.15) is 0 Å². The third-order valence-electron chi connectivity index (χ3n) is 4.71. The van der Waals surface area contributed by atoms with E-state index in [1.807, 2.05) is 0 Å². The molecule has 0 rings (SSSR count). The van der Waals surface area contributed by atoms with Crippen molar-refractivity contribution in [2.45, 2.75) is 103 Å². The summed E-state index contributed by atoms with van der Waals surface area (Å²) in [4.78, 5) is 18.1. The molecule has 0 aliphatic heterocycles. The highest BCUT2D eigenvalue weighted by molar-refractivity contribution is 8.06. The second-order valence-electron chi connectivity index (χ2n) is 7.32. The molecule has 0 aliphatic rings. The topological polar surface area (TPSA) is 68.2 Å². The van der Waals surface area contributed by atoms with Gasteiger partial charge in [0.05, 0.1) is 13.2 Å². The fraction of sp³-hybridized carbons (Fsp3) is 1.00. The number of hydrogen-bond acceptors (Lipinski definition) is 4. The number of ether oxygens (including phenoxy) is 2. The quantitative estimate of drug-likeness (QED) is 0.181. The van der Waals surface area contributed by atoms with Gasteiger partial charge in [0, 0.05) is 13.7 Å². The van der Waals surface area contributed by atoms with Crippen molar-refractivity contribution in [1.82, 2.24) is 0 Å². The molecule has 0 aromatic heterocycles. The summed E-state index contributed by atoms with van der Waals surface area (Å²) in [5.74, 6) is 0. The molecule has 27 heavy (non-hydrogen) atoms. The summed E-state index contributed by atoms with van der Waals surface area (Å²) in [7, 11) is 1.54. The average Bonchev–Trinajstić information content (AvgIpc) is 2.63. The predicted octanol–water partition coefficient (Wildman–Crippen LogP) is 5.73. The molecule has 0 spiro atoms. The number of unbranched alkanes of at least 4 members (excludes halogenated alkanes) is 13. The van der Waals surface area contributed by atoms with Crippen molar-refractivity contribution in [1.29, 1.82) is 0 Å². The van der Waals surface area contributed by atoms with Gasteiger partial charge in [0.25, 0.3) is 0 Å². The summed E-state index contributed by atoms with van der Waals surface area (Å²) in [5.41, 5.74) is 0. The molecule has 0 aromatic rings. The van der Waals surface area contributed by atoms with Gasteiger partial charge in [0.2, 0.25) is 0 Å². The largest absolute Gasteiger partial charge is 0.379 e. The Labute approximate surface area is 172 Å². The zero-order valence-corrected chi connectivity index (χ0v) is 19.3. The highest BCUT2D eigenvalue weighted by Crippen LogP contribution is 2.36. The summed E-state index contributed by atoms with van der Waals surface area (Å²) < 4.78 is 15.5. The zero-order valence-electron chi connectivity index (χ0n) is 17.6. The minimum atomic E-state index is -3.61. The highest BCUT2D eigenvalue weighted by Gasteiger charge is 2.14. The van der Waals surface area contributed by atoms with Gasteiger partial charge in [0.1, 0.15) is 6.10 Å². The molecular weight excluding hydrogens is 383 g/mol. The molecule has 0 saturated carbocycles. The fourth-order valence-corrected chi connectivity index (χ4v) is 3.52. The first-order chi connectivity index (χ1) is 13.0. The highest BCUT2D eigenvalue weighted by atomic mass is 32.5. The van der Waals surface area contributed by atoms with Crippen molar-refractivity contribution in [3.8, 4) is 0 Å². The molecule has 1 unspecified atom stereocenters. The maximum absolute atomic E-state index is 9.04. The Bertz CT molecular complexity index is 351. The SMILES string of the molecule is CCCCCCCCCCCCCCCCOCC(COP(O)(O)=S)OC. The standard InChI is InChI=1S/C20H43O5PS/c1-3-4-5-6-7-8-9-10-11-12-13-14-15-16-17-24-18-20(23-2)19-25-26(21,22)27/h20H,3-19H2,1-2H3,(H2,21,22,27). The minimum absolute atomic E-state index is 0.0412. The van der Waals surface area contributed by atoms with Gasteiger partial charge in [-0.3, -0.25) is 0 Å². The Hall–Kier alpha value is 0.450. The maximum Gasteiger partial charge on any atom is 0.321 e. The van der Waals surface area contributed by atoms with E-state index < -0.39 is 6.72 Å². The van der Waals surface area contributed by atoms with Crippen LogP contribution >= 0.6 is 6.72 Å². The summed E-state index contributed by atoms with van der Waals surface area (Å²) in [5, 5.41) is 0. The van der Waals surface area contributed by atoms with Crippen LogP contribution in [0.2, 0.25) is 0 Å². The van der Waals surface area contributed by atoms with Gasteiger partial charge < -0.3 is 23.8 Å². The van der Waals surface area contributed by atoms with E-state index in [2.05, 4.69) is 18.7 Å². The van der Waals surface area contributed by atoms with Crippen LogP contribution in [0.25, 0.3) is 0 Å². The van der Waals surface area contributed by atoms with Crippen LogP contribution in [0.1, 0.15) is 96.8 Å². The van der Waals surface area contributed by atoms with Gasteiger partial charge in [-0.05, 0) is 18.2 Å². The van der Waals surface area contributed by atoms with E-state index in [0.29, 0.717) is 13.2 Å². The first-order valence-corrected chi connectivity index (χ1v) is 13.4. The van der Waals surface area contributed by atoms with Crippen LogP contribution in [0.5, 0.6) is 0 Å². The van der Waals surface area contributed by atoms with Crippen molar-refractivity contribution >= 4 is 18.5 Å². The van der Waals surface area contributed by atoms with E-state index in [0.717, 1.165) is 6.42 Å². The van der Waals surface area contributed by atoms with Crippen LogP contribution in [0, 0.1) is 0 Å². The molecule has 0 aromatic carbocycles. The lowest BCUT2D eigenvalue weighted by atomic mass is 10.0. The average molecular weight is 427 g/mol. The Kier molecular flexibility index (Phi) is 20.1. The molecule has 0 amide bonds. The minimum Gasteiger partial charge on any atom is -0.379 e. The van der Waals surface area contributed by atoms with Gasteiger partial charge in [-0.1, -0.05) is 90.4 Å². The van der Waals surface area contributed by atoms with E-state index >= 15 is 0 Å². The van der Waals surface area contributed by atoms with Gasteiger partial charge >= 0.3 is 6.72 Å². The molecule has 1 atom stereocenters. The van der Waals surface area contributed by atoms with Crippen molar-refractivity contribution in [2.24, 2.45) is 0 Å². The third kappa shape index (κ3) is 22.6. The summed E-state index contributed by atoms with van der Waals surface area (Å²) in [6.07, 6.45) is 18.5. The zero-order chi connectivity index (χ0) is 20.2. The van der Waals surface area contributed by atoms with E-state index in [9.17, 15) is 0 Å². The first kappa shape index (κ1) is 27.5.